The maximum Gasteiger partial charge on any atom is 0.220 e. The second kappa shape index (κ2) is 21.2. The number of Topliss-reactive ketones (excluding diaryl/α,β-unsaturated/α-hetero) is 1. The summed E-state index contributed by atoms with van der Waals surface area (Å²) >= 11 is 0. The van der Waals surface area contributed by atoms with Gasteiger partial charge in [0.25, 0.3) is 0 Å². The molecule has 9 N–H and O–H groups in total. The number of rotatable bonds is 21. The van der Waals surface area contributed by atoms with Gasteiger partial charge in [-0.1, -0.05) is 6.92 Å². The van der Waals surface area contributed by atoms with Gasteiger partial charge in [0, 0.05) is 38.5 Å². The van der Waals surface area contributed by atoms with Crippen LogP contribution < -0.4 is 10.6 Å². The number of ketones is 1. The number of amides is 2. The van der Waals surface area contributed by atoms with Gasteiger partial charge in [-0.2, -0.15) is 0 Å². The zero-order valence-corrected chi connectivity index (χ0v) is 26.7. The second-order valence-electron chi connectivity index (χ2n) is 12.0. The normalized spacial score (nSPS) is 32.1. The number of hydrogen-bond acceptors (Lipinski definition) is 14. The second-order valence-corrected chi connectivity index (χ2v) is 12.0. The molecular formula is C30H54N2O14. The predicted molar refractivity (Wildman–Crippen MR) is 160 cm³/mol. The fourth-order valence-corrected chi connectivity index (χ4v) is 5.22. The number of hydrogen-bond donors (Lipinski definition) is 9. The van der Waals surface area contributed by atoms with Crippen LogP contribution in [0.1, 0.15) is 71.6 Å². The molecule has 0 aromatic heterocycles. The van der Waals surface area contributed by atoms with E-state index in [1.807, 2.05) is 0 Å². The van der Waals surface area contributed by atoms with Gasteiger partial charge in [-0.3, -0.25) is 14.4 Å². The van der Waals surface area contributed by atoms with Crippen LogP contribution in [0.15, 0.2) is 0 Å². The Bertz CT molecular complexity index is 909. The van der Waals surface area contributed by atoms with E-state index in [2.05, 4.69) is 10.6 Å². The predicted octanol–water partition coefficient (Wildman–Crippen LogP) is -2.40. The molecule has 2 fully saturated rings. The number of ether oxygens (including phenoxy) is 4. The summed E-state index contributed by atoms with van der Waals surface area (Å²) in [5, 5.41) is 73.7. The topological polar surface area (TPSA) is 254 Å². The lowest BCUT2D eigenvalue weighted by atomic mass is 9.92. The van der Waals surface area contributed by atoms with Gasteiger partial charge in [0.2, 0.25) is 11.8 Å². The van der Waals surface area contributed by atoms with Gasteiger partial charge in [0.05, 0.1) is 25.4 Å². The maximum absolute atomic E-state index is 12.4. The lowest BCUT2D eigenvalue weighted by Crippen LogP contribution is -2.59. The van der Waals surface area contributed by atoms with E-state index in [1.165, 1.54) is 6.92 Å². The highest BCUT2D eigenvalue weighted by molar-refractivity contribution is 5.87. The molecule has 2 heterocycles. The first-order chi connectivity index (χ1) is 21.9. The standard InChI is InChI=1S/C30H54N2O14/c1-17-24(38)25(39)20(15-33)45-29(17)43-13-7-4-10-22(36)31-12-6-3-9-19(18(2)35)32-23(37)11-5-8-14-44-30-28(42)27(41)26(40)21(16-34)46-30/h17,19-21,24-30,33-34,38-42H,3-16H2,1-2H3,(H,31,36)(H,32,37). The molecule has 0 spiro atoms. The van der Waals surface area contributed by atoms with E-state index in [0.717, 1.165) is 0 Å². The summed E-state index contributed by atoms with van der Waals surface area (Å²) in [7, 11) is 0. The average molecular weight is 667 g/mol. The third-order valence-corrected chi connectivity index (χ3v) is 8.26. The van der Waals surface area contributed by atoms with Crippen LogP contribution >= 0.6 is 0 Å². The van der Waals surface area contributed by atoms with Crippen molar-refractivity contribution in [2.24, 2.45) is 5.92 Å². The van der Waals surface area contributed by atoms with Crippen LogP contribution in [0.5, 0.6) is 0 Å². The minimum absolute atomic E-state index is 0.100. The Kier molecular flexibility index (Phi) is 18.6. The first kappa shape index (κ1) is 40.3. The highest BCUT2D eigenvalue weighted by Crippen LogP contribution is 2.27. The Labute approximate surface area is 269 Å². The molecule has 2 amide bonds. The van der Waals surface area contributed by atoms with Crippen LogP contribution in [-0.2, 0) is 33.3 Å². The van der Waals surface area contributed by atoms with Gasteiger partial charge < -0.3 is 65.3 Å². The molecule has 11 unspecified atom stereocenters. The minimum Gasteiger partial charge on any atom is -0.394 e. The van der Waals surface area contributed by atoms with Gasteiger partial charge >= 0.3 is 0 Å². The Balaban J connectivity index is 1.52. The molecule has 46 heavy (non-hydrogen) atoms. The van der Waals surface area contributed by atoms with Crippen molar-refractivity contribution < 1.29 is 69.1 Å². The zero-order valence-electron chi connectivity index (χ0n) is 26.7. The van der Waals surface area contributed by atoms with Crippen molar-refractivity contribution in [2.75, 3.05) is 33.0 Å². The summed E-state index contributed by atoms with van der Waals surface area (Å²) in [5.41, 5.74) is 0. The van der Waals surface area contributed by atoms with Crippen molar-refractivity contribution in [3.8, 4) is 0 Å². The van der Waals surface area contributed by atoms with E-state index in [-0.39, 0.29) is 37.2 Å². The maximum atomic E-state index is 12.4. The lowest BCUT2D eigenvalue weighted by Gasteiger charge is -2.40. The van der Waals surface area contributed by atoms with Gasteiger partial charge in [0.15, 0.2) is 18.4 Å². The first-order valence-corrected chi connectivity index (χ1v) is 16.1. The molecule has 2 aliphatic heterocycles. The molecule has 2 saturated heterocycles. The summed E-state index contributed by atoms with van der Waals surface area (Å²) in [5.74, 6) is -1.06. The van der Waals surface area contributed by atoms with Crippen molar-refractivity contribution in [3.63, 3.8) is 0 Å². The van der Waals surface area contributed by atoms with E-state index in [9.17, 15) is 50.1 Å². The van der Waals surface area contributed by atoms with Crippen LogP contribution in [0.4, 0.5) is 0 Å². The Morgan fingerprint density at radius 1 is 0.696 bits per heavy atom. The van der Waals surface area contributed by atoms with E-state index in [0.29, 0.717) is 57.9 Å². The largest absolute Gasteiger partial charge is 0.394 e. The molecule has 0 saturated carbocycles. The number of nitrogens with one attached hydrogen (secondary N) is 2. The fourth-order valence-electron chi connectivity index (χ4n) is 5.22. The molecule has 268 valence electrons. The Hall–Kier alpha value is -1.83. The molecule has 0 aliphatic carbocycles. The average Bonchev–Trinajstić information content (AvgIpc) is 3.03. The summed E-state index contributed by atoms with van der Waals surface area (Å²) in [6, 6.07) is -0.638. The Morgan fingerprint density at radius 2 is 1.24 bits per heavy atom. The van der Waals surface area contributed by atoms with Crippen molar-refractivity contribution in [1.82, 2.24) is 10.6 Å². The van der Waals surface area contributed by atoms with Crippen LogP contribution in [0.25, 0.3) is 0 Å². The first-order valence-electron chi connectivity index (χ1n) is 16.1. The number of carbonyl (C=O) groups excluding carboxylic acids is 3. The van der Waals surface area contributed by atoms with E-state index < -0.39 is 80.5 Å². The summed E-state index contributed by atoms with van der Waals surface area (Å²) < 4.78 is 21.8. The molecule has 16 heteroatoms. The van der Waals surface area contributed by atoms with Crippen LogP contribution in [-0.4, -0.2) is 148 Å². The number of aliphatic hydroxyl groups is 7. The van der Waals surface area contributed by atoms with Crippen LogP contribution in [0, 0.1) is 5.92 Å². The van der Waals surface area contributed by atoms with E-state index in [1.54, 1.807) is 6.92 Å². The van der Waals surface area contributed by atoms with Crippen LogP contribution in [0.2, 0.25) is 0 Å². The SMILES string of the molecule is CC(=O)C(CCCCNC(=O)CCCCOC1OC(CO)C(O)C(O)C1C)NC(=O)CCCCOC1OC(CO)C(O)C(O)C1O. The van der Waals surface area contributed by atoms with E-state index >= 15 is 0 Å². The van der Waals surface area contributed by atoms with Gasteiger partial charge in [0.1, 0.15) is 36.6 Å². The summed E-state index contributed by atoms with van der Waals surface area (Å²) in [6.07, 6.45) is -6.60. The number of unbranched alkanes of at least 4 members (excludes halogenated alkanes) is 3. The number of carbonyl (C=O) groups is 3. The highest BCUT2D eigenvalue weighted by Gasteiger charge is 2.44. The van der Waals surface area contributed by atoms with Crippen molar-refractivity contribution in [1.29, 1.82) is 0 Å². The molecule has 16 nitrogen and oxygen atoms in total. The van der Waals surface area contributed by atoms with Crippen molar-refractivity contribution in [2.45, 2.75) is 133 Å². The molecule has 2 rings (SSSR count). The molecule has 2 aliphatic rings. The minimum atomic E-state index is -1.53. The van der Waals surface area contributed by atoms with Gasteiger partial charge in [-0.25, -0.2) is 0 Å². The molecule has 0 radical (unpaired) electrons. The molecular weight excluding hydrogens is 612 g/mol. The Morgan fingerprint density at radius 3 is 1.83 bits per heavy atom. The van der Waals surface area contributed by atoms with Gasteiger partial charge in [-0.05, 0) is 51.9 Å². The smallest absolute Gasteiger partial charge is 0.220 e. The summed E-state index contributed by atoms with van der Waals surface area (Å²) in [4.78, 5) is 36.5. The molecule has 11 atom stereocenters. The zero-order chi connectivity index (χ0) is 34.2. The van der Waals surface area contributed by atoms with Crippen molar-refractivity contribution in [3.05, 3.63) is 0 Å². The fraction of sp³-hybridized carbons (Fsp3) is 0.900. The van der Waals surface area contributed by atoms with Crippen LogP contribution in [0.3, 0.4) is 0 Å². The molecule has 0 aromatic rings. The van der Waals surface area contributed by atoms with Crippen molar-refractivity contribution >= 4 is 17.6 Å². The lowest BCUT2D eigenvalue weighted by molar-refractivity contribution is -0.301. The third-order valence-electron chi connectivity index (χ3n) is 8.26. The summed E-state index contributed by atoms with van der Waals surface area (Å²) in [6.45, 7) is 2.92. The highest BCUT2D eigenvalue weighted by atomic mass is 16.7. The quantitative estimate of drug-likeness (QED) is 0.0579. The molecule has 0 bridgehead atoms. The number of aliphatic hydroxyl groups excluding tert-OH is 7. The third kappa shape index (κ3) is 13.0. The molecule has 0 aromatic carbocycles. The van der Waals surface area contributed by atoms with E-state index in [4.69, 9.17) is 18.9 Å². The van der Waals surface area contributed by atoms with Gasteiger partial charge in [-0.15, -0.1) is 0 Å². The monoisotopic (exact) mass is 666 g/mol.